The highest BCUT2D eigenvalue weighted by atomic mass is 32.2. The van der Waals surface area contributed by atoms with Crippen LogP contribution >= 0.6 is 11.8 Å². The molecular weight excluding hydrogens is 364 g/mol. The van der Waals surface area contributed by atoms with E-state index >= 15 is 0 Å². The van der Waals surface area contributed by atoms with Gasteiger partial charge in [0.05, 0.1) is 40.5 Å². The molecule has 138 valence electrons. The van der Waals surface area contributed by atoms with Crippen molar-refractivity contribution in [1.82, 2.24) is 4.90 Å². The highest BCUT2D eigenvalue weighted by molar-refractivity contribution is 8.04. The molecule has 0 bridgehead atoms. The van der Waals surface area contributed by atoms with Crippen molar-refractivity contribution in [2.45, 2.75) is 6.92 Å². The molecule has 0 unspecified atom stereocenters. The van der Waals surface area contributed by atoms with Crippen molar-refractivity contribution in [1.29, 1.82) is 0 Å². The zero-order chi connectivity index (χ0) is 19.1. The monoisotopic (exact) mass is 380 g/mol. The molecule has 26 heavy (non-hydrogen) atoms. The molecule has 0 atom stereocenters. The van der Waals surface area contributed by atoms with Crippen molar-refractivity contribution >= 4 is 35.6 Å². The number of nitro groups is 1. The largest absolute Gasteiger partial charge is 0.491 e. The molecule has 1 aliphatic heterocycles. The summed E-state index contributed by atoms with van der Waals surface area (Å²) >= 11 is 1.22. The van der Waals surface area contributed by atoms with E-state index in [4.69, 9.17) is 9.47 Å². The van der Waals surface area contributed by atoms with Crippen LogP contribution in [0.15, 0.2) is 29.3 Å². The first-order valence-electron chi connectivity index (χ1n) is 7.64. The van der Waals surface area contributed by atoms with Gasteiger partial charge in [0, 0.05) is 12.1 Å². The third kappa shape index (κ3) is 4.82. The fraction of sp³-hybridized carbons (Fsp3) is 0.312. The van der Waals surface area contributed by atoms with Crippen LogP contribution in [0.3, 0.4) is 0 Å². The molecule has 1 fully saturated rings. The van der Waals surface area contributed by atoms with E-state index in [1.54, 1.807) is 6.92 Å². The lowest BCUT2D eigenvalue weighted by Gasteiger charge is -2.17. The second kappa shape index (κ2) is 8.99. The SMILES string of the molecule is CCOC(=O)/C=C1\SCC(=O)N1CCOc1ccc([N+](=O)[O-])cc1C=O. The minimum Gasteiger partial charge on any atom is -0.491 e. The number of esters is 1. The third-order valence-electron chi connectivity index (χ3n) is 3.34. The fourth-order valence-corrected chi connectivity index (χ4v) is 3.13. The van der Waals surface area contributed by atoms with Gasteiger partial charge in [-0.15, -0.1) is 0 Å². The number of thioether (sulfide) groups is 1. The number of non-ortho nitro benzene ring substituents is 1. The summed E-state index contributed by atoms with van der Waals surface area (Å²) in [6.07, 6.45) is 1.72. The summed E-state index contributed by atoms with van der Waals surface area (Å²) in [5, 5.41) is 11.2. The van der Waals surface area contributed by atoms with Crippen LogP contribution in [0.4, 0.5) is 5.69 Å². The maximum absolute atomic E-state index is 11.9. The van der Waals surface area contributed by atoms with E-state index in [1.807, 2.05) is 0 Å². The predicted octanol–water partition coefficient (Wildman–Crippen LogP) is 1.77. The van der Waals surface area contributed by atoms with E-state index in [0.29, 0.717) is 11.3 Å². The summed E-state index contributed by atoms with van der Waals surface area (Å²) in [5.41, 5.74) is -0.172. The topological polar surface area (TPSA) is 116 Å². The molecule has 0 radical (unpaired) electrons. The van der Waals surface area contributed by atoms with Gasteiger partial charge >= 0.3 is 5.97 Å². The number of benzene rings is 1. The van der Waals surface area contributed by atoms with Crippen molar-refractivity contribution in [3.05, 3.63) is 45.0 Å². The number of nitrogens with zero attached hydrogens (tertiary/aromatic N) is 2. The van der Waals surface area contributed by atoms with Crippen molar-refractivity contribution < 1.29 is 28.8 Å². The maximum atomic E-state index is 11.9. The minimum absolute atomic E-state index is 0.0450. The Labute approximate surface area is 153 Å². The van der Waals surface area contributed by atoms with Gasteiger partial charge < -0.3 is 14.4 Å². The van der Waals surface area contributed by atoms with Gasteiger partial charge in [-0.2, -0.15) is 0 Å². The molecule has 1 aromatic carbocycles. The molecule has 1 aromatic rings. The Bertz CT molecular complexity index is 763. The van der Waals surface area contributed by atoms with Gasteiger partial charge in [-0.3, -0.25) is 19.7 Å². The third-order valence-corrected chi connectivity index (χ3v) is 4.37. The Morgan fingerprint density at radius 2 is 2.23 bits per heavy atom. The highest BCUT2D eigenvalue weighted by Gasteiger charge is 2.27. The molecule has 1 amide bonds. The number of hydrogen-bond donors (Lipinski definition) is 0. The van der Waals surface area contributed by atoms with E-state index in [-0.39, 0.29) is 48.4 Å². The van der Waals surface area contributed by atoms with Crippen LogP contribution in [0.5, 0.6) is 5.75 Å². The van der Waals surface area contributed by atoms with E-state index in [2.05, 4.69) is 0 Å². The Kier molecular flexibility index (Phi) is 6.73. The molecule has 2 rings (SSSR count). The lowest BCUT2D eigenvalue weighted by Crippen LogP contribution is -2.29. The van der Waals surface area contributed by atoms with Crippen LogP contribution in [0.25, 0.3) is 0 Å². The first kappa shape index (κ1) is 19.4. The second-order valence-corrected chi connectivity index (χ2v) is 6.01. The lowest BCUT2D eigenvalue weighted by atomic mass is 10.2. The van der Waals surface area contributed by atoms with Crippen LogP contribution in [-0.4, -0.2) is 53.5 Å². The standard InChI is InChI=1S/C16H16N2O7S/c1-2-24-16(21)8-15-17(14(20)10-26-15)5-6-25-13-4-3-12(18(22)23)7-11(13)9-19/h3-4,7-9H,2,5-6,10H2,1H3/b15-8-. The number of ether oxygens (including phenoxy) is 2. The fourth-order valence-electron chi connectivity index (χ4n) is 2.17. The molecule has 0 aliphatic carbocycles. The zero-order valence-corrected chi connectivity index (χ0v) is 14.7. The summed E-state index contributed by atoms with van der Waals surface area (Å²) in [7, 11) is 0. The Balaban J connectivity index is 2.01. The zero-order valence-electron chi connectivity index (χ0n) is 13.9. The first-order chi connectivity index (χ1) is 12.5. The number of hydrogen-bond acceptors (Lipinski definition) is 8. The lowest BCUT2D eigenvalue weighted by molar-refractivity contribution is -0.384. The minimum atomic E-state index is -0.608. The van der Waals surface area contributed by atoms with Crippen LogP contribution in [0, 0.1) is 10.1 Å². The van der Waals surface area contributed by atoms with E-state index in [0.717, 1.165) is 6.07 Å². The summed E-state index contributed by atoms with van der Waals surface area (Å²) in [6, 6.07) is 3.67. The molecule has 10 heteroatoms. The number of carbonyl (C=O) groups excluding carboxylic acids is 3. The average molecular weight is 380 g/mol. The smallest absolute Gasteiger partial charge is 0.333 e. The molecular formula is C16H16N2O7S. The van der Waals surface area contributed by atoms with Crippen LogP contribution in [0.2, 0.25) is 0 Å². The Hall–Kier alpha value is -2.88. The van der Waals surface area contributed by atoms with Gasteiger partial charge in [0.1, 0.15) is 12.4 Å². The molecule has 0 spiro atoms. The number of amides is 1. The highest BCUT2D eigenvalue weighted by Crippen LogP contribution is 2.29. The summed E-state index contributed by atoms with van der Waals surface area (Å²) < 4.78 is 10.3. The molecule has 1 heterocycles. The molecule has 0 saturated carbocycles. The molecule has 1 aliphatic rings. The molecule has 0 aromatic heterocycles. The Morgan fingerprint density at radius 3 is 2.88 bits per heavy atom. The van der Waals surface area contributed by atoms with Gasteiger partial charge in [0.25, 0.3) is 5.69 Å². The predicted molar refractivity (Wildman–Crippen MR) is 92.9 cm³/mol. The Morgan fingerprint density at radius 1 is 1.46 bits per heavy atom. The number of carbonyl (C=O) groups is 3. The normalized spacial score (nSPS) is 15.2. The van der Waals surface area contributed by atoms with Crippen molar-refractivity contribution in [3.8, 4) is 5.75 Å². The van der Waals surface area contributed by atoms with Crippen molar-refractivity contribution in [3.63, 3.8) is 0 Å². The molecule has 9 nitrogen and oxygen atoms in total. The summed E-state index contributed by atoms with van der Waals surface area (Å²) in [5.74, 6) is -0.314. The number of aldehydes is 1. The van der Waals surface area contributed by atoms with Gasteiger partial charge in [0.2, 0.25) is 5.91 Å². The summed E-state index contributed by atoms with van der Waals surface area (Å²) in [4.78, 5) is 46.1. The van der Waals surface area contributed by atoms with E-state index in [1.165, 1.54) is 34.9 Å². The number of nitro benzene ring substituents is 1. The molecule has 1 saturated heterocycles. The maximum Gasteiger partial charge on any atom is 0.333 e. The van der Waals surface area contributed by atoms with Gasteiger partial charge in [0.15, 0.2) is 6.29 Å². The van der Waals surface area contributed by atoms with Crippen molar-refractivity contribution in [2.75, 3.05) is 25.5 Å². The average Bonchev–Trinajstić information content (AvgIpc) is 2.95. The first-order valence-corrected chi connectivity index (χ1v) is 8.62. The van der Waals surface area contributed by atoms with Gasteiger partial charge in [-0.1, -0.05) is 11.8 Å². The van der Waals surface area contributed by atoms with Gasteiger partial charge in [-0.05, 0) is 13.0 Å². The van der Waals surface area contributed by atoms with Crippen molar-refractivity contribution in [2.24, 2.45) is 0 Å². The van der Waals surface area contributed by atoms with Gasteiger partial charge in [-0.25, -0.2) is 4.79 Å². The van der Waals surface area contributed by atoms with Crippen LogP contribution in [-0.2, 0) is 14.3 Å². The number of rotatable bonds is 8. The second-order valence-electron chi connectivity index (χ2n) is 5.01. The van der Waals surface area contributed by atoms with Crippen LogP contribution in [0.1, 0.15) is 17.3 Å². The van der Waals surface area contributed by atoms with E-state index < -0.39 is 10.9 Å². The van der Waals surface area contributed by atoms with E-state index in [9.17, 15) is 24.5 Å². The quantitative estimate of drug-likeness (QED) is 0.220. The molecule has 0 N–H and O–H groups in total. The summed E-state index contributed by atoms with van der Waals surface area (Å²) in [6.45, 7) is 2.13. The van der Waals surface area contributed by atoms with Crippen LogP contribution < -0.4 is 4.74 Å².